The summed E-state index contributed by atoms with van der Waals surface area (Å²) in [6, 6.07) is 8.42. The molecule has 0 radical (unpaired) electrons. The van der Waals surface area contributed by atoms with Crippen LogP contribution in [-0.2, 0) is 9.59 Å². The van der Waals surface area contributed by atoms with Crippen LogP contribution in [0.4, 0.5) is 10.8 Å². The van der Waals surface area contributed by atoms with Crippen LogP contribution in [0.3, 0.4) is 0 Å². The molecule has 23 heavy (non-hydrogen) atoms. The van der Waals surface area contributed by atoms with Crippen molar-refractivity contribution in [1.82, 2.24) is 10.2 Å². The van der Waals surface area contributed by atoms with E-state index < -0.39 is 17.9 Å². The zero-order valence-corrected chi connectivity index (χ0v) is 13.1. The standard InChI is InChI=1S/C14H14N6O2S/c1-8-17-18-14(23-8)16-13(22)10-7-11(12(15)21)20(19-10)9-5-3-2-4-6-9/h2-6,11H,7H2,1H3,(H2,15,21)(H,16,18,22)/t11-/m0/s1. The van der Waals surface area contributed by atoms with Crippen LogP contribution in [0, 0.1) is 6.92 Å². The summed E-state index contributed by atoms with van der Waals surface area (Å²) in [6.07, 6.45) is 0.147. The number of anilines is 2. The van der Waals surface area contributed by atoms with Gasteiger partial charge in [0.2, 0.25) is 11.0 Å². The van der Waals surface area contributed by atoms with E-state index in [9.17, 15) is 9.59 Å². The van der Waals surface area contributed by atoms with Crippen LogP contribution in [0.2, 0.25) is 0 Å². The van der Waals surface area contributed by atoms with Crippen LogP contribution < -0.4 is 16.1 Å². The summed E-state index contributed by atoms with van der Waals surface area (Å²) < 4.78 is 0. The molecule has 0 saturated carbocycles. The SMILES string of the molecule is Cc1nnc(NC(=O)C2=NN(c3ccccc3)[C@H](C(N)=O)C2)s1. The molecule has 118 valence electrons. The number of hydrogen-bond acceptors (Lipinski definition) is 7. The lowest BCUT2D eigenvalue weighted by Gasteiger charge is -2.20. The first-order chi connectivity index (χ1) is 11.0. The normalized spacial score (nSPS) is 17.0. The molecule has 1 aromatic heterocycles. The topological polar surface area (TPSA) is 114 Å². The zero-order chi connectivity index (χ0) is 16.4. The monoisotopic (exact) mass is 330 g/mol. The van der Waals surface area contributed by atoms with Crippen molar-refractivity contribution in [3.8, 4) is 0 Å². The second-order valence-corrected chi connectivity index (χ2v) is 6.11. The Labute approximate surface area is 136 Å². The number of aromatic nitrogens is 2. The Hall–Kier alpha value is -2.81. The van der Waals surface area contributed by atoms with Crippen LogP contribution in [0.15, 0.2) is 35.4 Å². The number of para-hydroxylation sites is 1. The Balaban J connectivity index is 1.82. The maximum Gasteiger partial charge on any atom is 0.273 e. The van der Waals surface area contributed by atoms with Gasteiger partial charge in [-0.15, -0.1) is 10.2 Å². The van der Waals surface area contributed by atoms with Gasteiger partial charge in [-0.1, -0.05) is 29.5 Å². The molecule has 0 spiro atoms. The molecular weight excluding hydrogens is 316 g/mol. The molecule has 0 aliphatic carbocycles. The Kier molecular flexibility index (Phi) is 4.02. The highest BCUT2D eigenvalue weighted by molar-refractivity contribution is 7.15. The molecule has 2 heterocycles. The van der Waals surface area contributed by atoms with E-state index in [1.54, 1.807) is 19.1 Å². The molecule has 1 atom stereocenters. The third-order valence-electron chi connectivity index (χ3n) is 3.27. The summed E-state index contributed by atoms with van der Waals surface area (Å²) in [5.74, 6) is -0.946. The third kappa shape index (κ3) is 3.19. The van der Waals surface area contributed by atoms with Crippen molar-refractivity contribution in [1.29, 1.82) is 0 Å². The van der Waals surface area contributed by atoms with Gasteiger partial charge in [-0.2, -0.15) is 5.10 Å². The number of nitrogens with two attached hydrogens (primary N) is 1. The maximum atomic E-state index is 12.3. The summed E-state index contributed by atoms with van der Waals surface area (Å²) in [5, 5.41) is 17.2. The highest BCUT2D eigenvalue weighted by atomic mass is 32.1. The quantitative estimate of drug-likeness (QED) is 0.865. The fourth-order valence-corrected chi connectivity index (χ4v) is 2.79. The van der Waals surface area contributed by atoms with E-state index in [0.717, 1.165) is 5.01 Å². The summed E-state index contributed by atoms with van der Waals surface area (Å²) >= 11 is 1.26. The van der Waals surface area contributed by atoms with Crippen LogP contribution in [-0.4, -0.2) is 33.8 Å². The van der Waals surface area contributed by atoms with Gasteiger partial charge in [0.15, 0.2) is 0 Å². The zero-order valence-electron chi connectivity index (χ0n) is 12.3. The molecule has 0 bridgehead atoms. The molecule has 0 fully saturated rings. The van der Waals surface area contributed by atoms with Crippen molar-refractivity contribution >= 4 is 39.7 Å². The van der Waals surface area contributed by atoms with Gasteiger partial charge in [0.05, 0.1) is 5.69 Å². The average molecular weight is 330 g/mol. The highest BCUT2D eigenvalue weighted by Crippen LogP contribution is 2.25. The highest BCUT2D eigenvalue weighted by Gasteiger charge is 2.35. The summed E-state index contributed by atoms with van der Waals surface area (Å²) in [5.41, 5.74) is 6.37. The van der Waals surface area contributed by atoms with Gasteiger partial charge in [-0.3, -0.25) is 19.9 Å². The minimum absolute atomic E-state index is 0.147. The van der Waals surface area contributed by atoms with Gasteiger partial charge in [-0.05, 0) is 19.1 Å². The molecule has 1 aliphatic heterocycles. The minimum atomic E-state index is -0.686. The Bertz CT molecular complexity index is 773. The van der Waals surface area contributed by atoms with Gasteiger partial charge in [-0.25, -0.2) is 0 Å². The molecule has 1 aromatic carbocycles. The Morgan fingerprint density at radius 3 is 2.65 bits per heavy atom. The molecule has 3 rings (SSSR count). The summed E-state index contributed by atoms with van der Waals surface area (Å²) in [7, 11) is 0. The average Bonchev–Trinajstić information content (AvgIpc) is 3.15. The van der Waals surface area contributed by atoms with Gasteiger partial charge >= 0.3 is 0 Å². The van der Waals surface area contributed by atoms with Crippen LogP contribution in [0.1, 0.15) is 11.4 Å². The van der Waals surface area contributed by atoms with Gasteiger partial charge in [0.1, 0.15) is 16.8 Å². The van der Waals surface area contributed by atoms with E-state index in [1.807, 2.05) is 18.2 Å². The second-order valence-electron chi connectivity index (χ2n) is 4.93. The van der Waals surface area contributed by atoms with Crippen LogP contribution >= 0.6 is 11.3 Å². The van der Waals surface area contributed by atoms with Crippen molar-refractivity contribution in [2.75, 3.05) is 10.3 Å². The van der Waals surface area contributed by atoms with Crippen LogP contribution in [0.25, 0.3) is 0 Å². The number of benzene rings is 1. The number of nitrogens with zero attached hydrogens (tertiary/aromatic N) is 4. The molecular formula is C14H14N6O2S. The van der Waals surface area contributed by atoms with E-state index in [2.05, 4.69) is 20.6 Å². The number of amides is 2. The first kappa shape index (κ1) is 15.1. The molecule has 0 saturated heterocycles. The van der Waals surface area contributed by atoms with Crippen molar-refractivity contribution in [2.24, 2.45) is 10.8 Å². The number of nitrogens with one attached hydrogen (secondary N) is 1. The van der Waals surface area contributed by atoms with E-state index >= 15 is 0 Å². The number of carbonyl (C=O) groups is 2. The predicted molar refractivity (Wildman–Crippen MR) is 87.2 cm³/mol. The molecule has 2 amide bonds. The van der Waals surface area contributed by atoms with E-state index in [0.29, 0.717) is 10.8 Å². The lowest BCUT2D eigenvalue weighted by Crippen LogP contribution is -2.39. The second kappa shape index (κ2) is 6.13. The molecule has 1 aliphatic rings. The smallest absolute Gasteiger partial charge is 0.273 e. The number of carbonyl (C=O) groups excluding carboxylic acids is 2. The van der Waals surface area contributed by atoms with Crippen molar-refractivity contribution in [3.63, 3.8) is 0 Å². The van der Waals surface area contributed by atoms with Gasteiger partial charge in [0.25, 0.3) is 5.91 Å². The van der Waals surface area contributed by atoms with Crippen molar-refractivity contribution in [2.45, 2.75) is 19.4 Å². The maximum absolute atomic E-state index is 12.3. The number of hydrazone groups is 1. The summed E-state index contributed by atoms with van der Waals surface area (Å²) in [6.45, 7) is 1.79. The first-order valence-electron chi connectivity index (χ1n) is 6.87. The van der Waals surface area contributed by atoms with Crippen molar-refractivity contribution in [3.05, 3.63) is 35.3 Å². The molecule has 2 aromatic rings. The molecule has 8 nitrogen and oxygen atoms in total. The molecule has 9 heteroatoms. The largest absolute Gasteiger partial charge is 0.368 e. The molecule has 3 N–H and O–H groups in total. The lowest BCUT2D eigenvalue weighted by molar-refractivity contribution is -0.119. The van der Waals surface area contributed by atoms with E-state index in [-0.39, 0.29) is 12.1 Å². The first-order valence-corrected chi connectivity index (χ1v) is 7.69. The van der Waals surface area contributed by atoms with Gasteiger partial charge in [0, 0.05) is 6.42 Å². The summed E-state index contributed by atoms with van der Waals surface area (Å²) in [4.78, 5) is 24.0. The minimum Gasteiger partial charge on any atom is -0.368 e. The Morgan fingerprint density at radius 2 is 2.04 bits per heavy atom. The fourth-order valence-electron chi connectivity index (χ4n) is 2.20. The van der Waals surface area contributed by atoms with E-state index in [1.165, 1.54) is 16.3 Å². The molecule has 0 unspecified atom stereocenters. The number of primary amides is 1. The van der Waals surface area contributed by atoms with E-state index in [4.69, 9.17) is 5.73 Å². The van der Waals surface area contributed by atoms with Crippen molar-refractivity contribution < 1.29 is 9.59 Å². The van der Waals surface area contributed by atoms with Crippen LogP contribution in [0.5, 0.6) is 0 Å². The lowest BCUT2D eigenvalue weighted by atomic mass is 10.1. The third-order valence-corrected chi connectivity index (χ3v) is 4.02. The van der Waals surface area contributed by atoms with Gasteiger partial charge < -0.3 is 5.73 Å². The fraction of sp³-hybridized carbons (Fsp3) is 0.214. The number of aryl methyl sites for hydroxylation is 1. The number of rotatable bonds is 4. The Morgan fingerprint density at radius 1 is 1.30 bits per heavy atom. The number of hydrogen-bond donors (Lipinski definition) is 2. The predicted octanol–water partition coefficient (Wildman–Crippen LogP) is 0.905.